The molecule has 0 aliphatic carbocycles. The fraction of sp³-hybridized carbons (Fsp3) is 0.471. The summed E-state index contributed by atoms with van der Waals surface area (Å²) in [5, 5.41) is 3.53. The van der Waals surface area contributed by atoms with Crippen molar-refractivity contribution >= 4 is 17.6 Å². The lowest BCUT2D eigenvalue weighted by Gasteiger charge is -2.36. The zero-order valence-corrected chi connectivity index (χ0v) is 14.7. The van der Waals surface area contributed by atoms with Crippen LogP contribution in [0.1, 0.15) is 12.1 Å². The van der Waals surface area contributed by atoms with Crippen molar-refractivity contribution in [1.29, 1.82) is 0 Å². The molecule has 0 aromatic carbocycles. The number of anilines is 1. The third-order valence-corrected chi connectivity index (χ3v) is 5.64. The van der Waals surface area contributed by atoms with E-state index in [1.54, 1.807) is 12.4 Å². The zero-order valence-electron chi connectivity index (χ0n) is 13.9. The van der Waals surface area contributed by atoms with Crippen molar-refractivity contribution in [2.24, 2.45) is 0 Å². The smallest absolute Gasteiger partial charge is 0.163 e. The van der Waals surface area contributed by atoms with Gasteiger partial charge in [-0.3, -0.25) is 4.98 Å². The van der Waals surface area contributed by atoms with Gasteiger partial charge >= 0.3 is 0 Å². The van der Waals surface area contributed by atoms with Crippen LogP contribution in [-0.2, 0) is 0 Å². The van der Waals surface area contributed by atoms with Gasteiger partial charge in [-0.15, -0.1) is 0 Å². The molecule has 0 saturated carbocycles. The molecule has 0 radical (unpaired) electrons. The molecule has 1 aliphatic rings. The molecular formula is C17H23N5S. The molecule has 0 bridgehead atoms. The molecule has 122 valence electrons. The largest absolute Gasteiger partial charge is 0.368 e. The number of aryl methyl sites for hydroxylation is 1. The molecule has 3 heterocycles. The summed E-state index contributed by atoms with van der Waals surface area (Å²) >= 11 is 2.02. The third-order valence-electron chi connectivity index (χ3n) is 4.40. The summed E-state index contributed by atoms with van der Waals surface area (Å²) in [6.07, 6.45) is 4.77. The van der Waals surface area contributed by atoms with Gasteiger partial charge in [0, 0.05) is 47.6 Å². The Hall–Kier alpha value is -1.66. The summed E-state index contributed by atoms with van der Waals surface area (Å²) in [6, 6.07) is 5.90. The Morgan fingerprint density at radius 1 is 1.35 bits per heavy atom. The maximum Gasteiger partial charge on any atom is 0.163 e. The molecule has 2 aromatic rings. The van der Waals surface area contributed by atoms with Crippen LogP contribution in [0.25, 0.3) is 11.4 Å². The van der Waals surface area contributed by atoms with Gasteiger partial charge in [0.05, 0.1) is 0 Å². The number of hydrogen-bond donors (Lipinski definition) is 1. The van der Waals surface area contributed by atoms with Crippen LogP contribution in [-0.4, -0.2) is 57.5 Å². The number of likely N-dealkylation sites (N-methyl/N-ethyl adjacent to an activating group) is 1. The summed E-state index contributed by atoms with van der Waals surface area (Å²) < 4.78 is 0. The predicted molar refractivity (Wildman–Crippen MR) is 96.8 cm³/mol. The predicted octanol–water partition coefficient (Wildman–Crippen LogP) is 2.70. The van der Waals surface area contributed by atoms with Crippen LogP contribution in [0.2, 0.25) is 0 Å². The van der Waals surface area contributed by atoms with Gasteiger partial charge in [-0.1, -0.05) is 0 Å². The number of hydrogen-bond acceptors (Lipinski definition) is 6. The molecule has 1 fully saturated rings. The Morgan fingerprint density at radius 2 is 2.22 bits per heavy atom. The molecule has 0 unspecified atom stereocenters. The van der Waals surface area contributed by atoms with E-state index in [2.05, 4.69) is 39.3 Å². The van der Waals surface area contributed by atoms with E-state index in [4.69, 9.17) is 0 Å². The molecule has 2 aromatic heterocycles. The van der Waals surface area contributed by atoms with Crippen LogP contribution in [0.3, 0.4) is 0 Å². The first-order chi connectivity index (χ1) is 11.1. The molecule has 6 heteroatoms. The quantitative estimate of drug-likeness (QED) is 0.910. The lowest BCUT2D eigenvalue weighted by molar-refractivity contribution is 0.195. The molecule has 23 heavy (non-hydrogen) atoms. The second kappa shape index (κ2) is 6.84. The van der Waals surface area contributed by atoms with E-state index in [-0.39, 0.29) is 5.54 Å². The van der Waals surface area contributed by atoms with Crippen LogP contribution >= 0.6 is 11.8 Å². The Kier molecular flexibility index (Phi) is 4.82. The summed E-state index contributed by atoms with van der Waals surface area (Å²) in [5.41, 5.74) is 2.11. The van der Waals surface area contributed by atoms with Crippen LogP contribution in [0.4, 0.5) is 5.82 Å². The Bertz CT molecular complexity index is 653. The van der Waals surface area contributed by atoms with Gasteiger partial charge in [0.15, 0.2) is 5.82 Å². The number of nitrogens with one attached hydrogen (secondary N) is 1. The van der Waals surface area contributed by atoms with Crippen molar-refractivity contribution in [3.63, 3.8) is 0 Å². The minimum atomic E-state index is 0.206. The van der Waals surface area contributed by atoms with E-state index in [1.807, 2.05) is 36.9 Å². The second-order valence-electron chi connectivity index (χ2n) is 6.23. The van der Waals surface area contributed by atoms with Crippen LogP contribution < -0.4 is 5.32 Å². The lowest BCUT2D eigenvalue weighted by atomic mass is 9.97. The number of aromatic nitrogens is 3. The highest BCUT2D eigenvalue weighted by Gasteiger charge is 2.36. The van der Waals surface area contributed by atoms with Crippen molar-refractivity contribution in [2.75, 3.05) is 37.5 Å². The third kappa shape index (κ3) is 3.64. The highest BCUT2D eigenvalue weighted by atomic mass is 32.2. The number of thioether (sulfide) groups is 1. The minimum Gasteiger partial charge on any atom is -0.368 e. The van der Waals surface area contributed by atoms with Crippen molar-refractivity contribution in [3.8, 4) is 11.4 Å². The van der Waals surface area contributed by atoms with Gasteiger partial charge in [-0.2, -0.15) is 11.8 Å². The molecule has 1 saturated heterocycles. The van der Waals surface area contributed by atoms with Crippen molar-refractivity contribution in [3.05, 3.63) is 36.3 Å². The van der Waals surface area contributed by atoms with Gasteiger partial charge in [0.2, 0.25) is 0 Å². The molecule has 5 nitrogen and oxygen atoms in total. The average molecular weight is 329 g/mol. The molecule has 0 spiro atoms. The maximum atomic E-state index is 4.67. The number of nitrogens with zero attached hydrogens (tertiary/aromatic N) is 4. The Labute approximate surface area is 141 Å². The van der Waals surface area contributed by atoms with E-state index in [1.165, 1.54) is 12.2 Å². The maximum absolute atomic E-state index is 4.67. The van der Waals surface area contributed by atoms with E-state index >= 15 is 0 Å². The van der Waals surface area contributed by atoms with Crippen molar-refractivity contribution < 1.29 is 0 Å². The Morgan fingerprint density at radius 3 is 2.87 bits per heavy atom. The second-order valence-corrected chi connectivity index (χ2v) is 7.34. The zero-order chi connectivity index (χ0) is 16.3. The summed E-state index contributed by atoms with van der Waals surface area (Å²) in [7, 11) is 4.33. The monoisotopic (exact) mass is 329 g/mol. The van der Waals surface area contributed by atoms with Crippen LogP contribution in [0.5, 0.6) is 0 Å². The first kappa shape index (κ1) is 16.2. The van der Waals surface area contributed by atoms with Gasteiger partial charge in [0.25, 0.3) is 0 Å². The standard InChI is InChI=1S/C17H23N5S/c1-13-9-15(19-11-17(22(2)3)6-8-23-12-17)21-16(20-13)14-5-4-7-18-10-14/h4-5,7,9-10H,6,8,11-12H2,1-3H3,(H,19,20,21)/t17-/m1/s1. The normalized spacial score (nSPS) is 20.9. The molecule has 1 aliphatic heterocycles. The fourth-order valence-corrected chi connectivity index (χ4v) is 4.34. The number of pyridine rings is 1. The van der Waals surface area contributed by atoms with Crippen LogP contribution in [0.15, 0.2) is 30.6 Å². The van der Waals surface area contributed by atoms with E-state index in [0.717, 1.165) is 35.2 Å². The van der Waals surface area contributed by atoms with Crippen molar-refractivity contribution in [2.45, 2.75) is 18.9 Å². The number of rotatable bonds is 5. The molecular weight excluding hydrogens is 306 g/mol. The van der Waals surface area contributed by atoms with Gasteiger partial charge in [-0.25, -0.2) is 9.97 Å². The first-order valence-corrected chi connectivity index (χ1v) is 9.00. The molecule has 1 atom stereocenters. The molecule has 3 rings (SSSR count). The molecule has 0 amide bonds. The minimum absolute atomic E-state index is 0.206. The van der Waals surface area contributed by atoms with Gasteiger partial charge in [-0.05, 0) is 45.3 Å². The Balaban J connectivity index is 1.79. The highest BCUT2D eigenvalue weighted by Crippen LogP contribution is 2.32. The van der Waals surface area contributed by atoms with Crippen LogP contribution in [0, 0.1) is 6.92 Å². The summed E-state index contributed by atoms with van der Waals surface area (Å²) in [4.78, 5) is 15.7. The average Bonchev–Trinajstić information content (AvgIpc) is 3.04. The SMILES string of the molecule is Cc1cc(NC[C@]2(N(C)C)CCSC2)nc(-c2cccnc2)n1. The van der Waals surface area contributed by atoms with Gasteiger partial charge < -0.3 is 10.2 Å². The van der Waals surface area contributed by atoms with E-state index in [9.17, 15) is 0 Å². The van der Waals surface area contributed by atoms with E-state index in [0.29, 0.717) is 0 Å². The highest BCUT2D eigenvalue weighted by molar-refractivity contribution is 7.99. The van der Waals surface area contributed by atoms with E-state index < -0.39 is 0 Å². The summed E-state index contributed by atoms with van der Waals surface area (Å²) in [6.45, 7) is 2.90. The van der Waals surface area contributed by atoms with Crippen molar-refractivity contribution in [1.82, 2.24) is 19.9 Å². The summed E-state index contributed by atoms with van der Waals surface area (Å²) in [5.74, 6) is 3.99. The topological polar surface area (TPSA) is 53.9 Å². The molecule has 1 N–H and O–H groups in total. The van der Waals surface area contributed by atoms with Gasteiger partial charge in [0.1, 0.15) is 5.82 Å². The lowest BCUT2D eigenvalue weighted by Crippen LogP contribution is -2.49. The first-order valence-electron chi connectivity index (χ1n) is 7.84. The fourth-order valence-electron chi connectivity index (χ4n) is 2.79.